The molecule has 0 saturated carbocycles. The molecule has 1 saturated heterocycles. The monoisotopic (exact) mass is 345 g/mol. The Morgan fingerprint density at radius 3 is 2.69 bits per heavy atom. The topological polar surface area (TPSA) is 59.2 Å². The van der Waals surface area contributed by atoms with Crippen LogP contribution in [-0.4, -0.2) is 28.9 Å². The van der Waals surface area contributed by atoms with Crippen molar-refractivity contribution in [1.29, 1.82) is 0 Å². The summed E-state index contributed by atoms with van der Waals surface area (Å²) in [6, 6.07) is 18.4. The molecule has 26 heavy (non-hydrogen) atoms. The van der Waals surface area contributed by atoms with Crippen molar-refractivity contribution < 1.29 is 4.79 Å². The summed E-state index contributed by atoms with van der Waals surface area (Å²) >= 11 is 0. The Morgan fingerprint density at radius 2 is 1.88 bits per heavy atom. The molecule has 4 heteroatoms. The van der Waals surface area contributed by atoms with Gasteiger partial charge in [0.15, 0.2) is 0 Å². The van der Waals surface area contributed by atoms with Gasteiger partial charge in [0.2, 0.25) is 0 Å². The van der Waals surface area contributed by atoms with Crippen molar-refractivity contribution in [1.82, 2.24) is 9.88 Å². The summed E-state index contributed by atoms with van der Waals surface area (Å²) in [6.07, 6.45) is 3.67. The summed E-state index contributed by atoms with van der Waals surface area (Å²) in [5.41, 5.74) is 9.86. The van der Waals surface area contributed by atoms with Crippen LogP contribution < -0.4 is 5.73 Å². The predicted molar refractivity (Wildman–Crippen MR) is 104 cm³/mol. The molecule has 3 aromatic rings. The first-order valence-corrected chi connectivity index (χ1v) is 9.17. The fraction of sp³-hybridized carbons (Fsp3) is 0.273. The van der Waals surface area contributed by atoms with E-state index in [1.165, 1.54) is 11.1 Å². The van der Waals surface area contributed by atoms with Crippen molar-refractivity contribution >= 4 is 16.8 Å². The highest BCUT2D eigenvalue weighted by molar-refractivity contribution is 5.97. The highest BCUT2D eigenvalue weighted by Crippen LogP contribution is 2.29. The van der Waals surface area contributed by atoms with Gasteiger partial charge in [-0.2, -0.15) is 0 Å². The van der Waals surface area contributed by atoms with E-state index in [9.17, 15) is 4.79 Å². The van der Waals surface area contributed by atoms with Crippen molar-refractivity contribution in [2.24, 2.45) is 5.73 Å². The van der Waals surface area contributed by atoms with Crippen LogP contribution in [0.25, 0.3) is 10.9 Å². The van der Waals surface area contributed by atoms with Crippen molar-refractivity contribution in [3.63, 3.8) is 0 Å². The second-order valence-electron chi connectivity index (χ2n) is 6.93. The molecule has 132 valence electrons. The molecule has 2 aromatic carbocycles. The predicted octanol–water partition coefficient (Wildman–Crippen LogP) is 3.71. The van der Waals surface area contributed by atoms with Crippen molar-refractivity contribution in [3.05, 3.63) is 77.5 Å². The molecular formula is C22H23N3O. The Kier molecular flexibility index (Phi) is 4.67. The lowest BCUT2D eigenvalue weighted by atomic mass is 9.88. The third kappa shape index (κ3) is 3.33. The molecule has 1 aromatic heterocycles. The van der Waals surface area contributed by atoms with Crippen LogP contribution in [0.5, 0.6) is 0 Å². The highest BCUT2D eigenvalue weighted by Gasteiger charge is 2.25. The van der Waals surface area contributed by atoms with E-state index in [1.54, 1.807) is 6.20 Å². The number of nitrogens with zero attached hydrogens (tertiary/aromatic N) is 2. The number of hydrogen-bond acceptors (Lipinski definition) is 3. The number of pyridine rings is 1. The smallest absolute Gasteiger partial charge is 0.255 e. The standard InChI is InChI=1S/C22H23N3O/c23-14-16-4-3-6-18(12-16)17-8-10-25(11-9-17)22(26)20-13-19-5-1-2-7-21(19)24-15-20/h1-7,12-13,15,17H,8-11,14,23H2. The van der Waals surface area contributed by atoms with Gasteiger partial charge >= 0.3 is 0 Å². The summed E-state index contributed by atoms with van der Waals surface area (Å²) in [5.74, 6) is 0.581. The van der Waals surface area contributed by atoms with E-state index in [4.69, 9.17) is 5.73 Å². The molecule has 4 rings (SSSR count). The number of fused-ring (bicyclic) bond motifs is 1. The van der Waals surface area contributed by atoms with Gasteiger partial charge < -0.3 is 10.6 Å². The first-order chi connectivity index (χ1) is 12.7. The molecule has 0 spiro atoms. The summed E-state index contributed by atoms with van der Waals surface area (Å²) < 4.78 is 0. The average Bonchev–Trinajstić information content (AvgIpc) is 2.73. The van der Waals surface area contributed by atoms with Crippen LogP contribution in [0, 0.1) is 0 Å². The number of aromatic nitrogens is 1. The maximum Gasteiger partial charge on any atom is 0.255 e. The molecule has 4 nitrogen and oxygen atoms in total. The summed E-state index contributed by atoms with van der Waals surface area (Å²) in [6.45, 7) is 2.13. The van der Waals surface area contributed by atoms with E-state index in [1.807, 2.05) is 35.2 Å². The van der Waals surface area contributed by atoms with Crippen LogP contribution in [0.2, 0.25) is 0 Å². The van der Waals surface area contributed by atoms with Gasteiger partial charge in [0.25, 0.3) is 5.91 Å². The minimum atomic E-state index is 0.0809. The molecule has 2 N–H and O–H groups in total. The van der Waals surface area contributed by atoms with Gasteiger partial charge in [0.05, 0.1) is 11.1 Å². The van der Waals surface area contributed by atoms with Gasteiger partial charge in [0.1, 0.15) is 0 Å². The van der Waals surface area contributed by atoms with Crippen LogP contribution in [0.1, 0.15) is 40.2 Å². The largest absolute Gasteiger partial charge is 0.339 e. The molecular weight excluding hydrogens is 322 g/mol. The molecule has 0 aliphatic carbocycles. The lowest BCUT2D eigenvalue weighted by Crippen LogP contribution is -2.38. The molecule has 1 amide bonds. The van der Waals surface area contributed by atoms with Crippen molar-refractivity contribution in [2.45, 2.75) is 25.3 Å². The second kappa shape index (κ2) is 7.26. The van der Waals surface area contributed by atoms with Crippen LogP contribution >= 0.6 is 0 Å². The molecule has 0 bridgehead atoms. The van der Waals surface area contributed by atoms with Crippen LogP contribution in [-0.2, 0) is 6.54 Å². The van der Waals surface area contributed by atoms with Gasteiger partial charge in [-0.05, 0) is 42.0 Å². The number of para-hydroxylation sites is 1. The Morgan fingerprint density at radius 1 is 1.08 bits per heavy atom. The normalized spacial score (nSPS) is 15.3. The van der Waals surface area contributed by atoms with E-state index in [0.717, 1.165) is 36.8 Å². The molecule has 2 heterocycles. The number of carbonyl (C=O) groups excluding carboxylic acids is 1. The summed E-state index contributed by atoms with van der Waals surface area (Å²) in [5, 5.41) is 1.01. The van der Waals surface area contributed by atoms with Gasteiger partial charge in [-0.1, -0.05) is 42.5 Å². The Balaban J connectivity index is 1.45. The SMILES string of the molecule is NCc1cccc(C2CCN(C(=O)c3cnc4ccccc4c3)CC2)c1. The van der Waals surface area contributed by atoms with Gasteiger partial charge in [-0.3, -0.25) is 9.78 Å². The lowest BCUT2D eigenvalue weighted by molar-refractivity contribution is 0.0713. The first-order valence-electron chi connectivity index (χ1n) is 9.17. The van der Waals surface area contributed by atoms with E-state index < -0.39 is 0 Å². The minimum absolute atomic E-state index is 0.0809. The van der Waals surface area contributed by atoms with Crippen molar-refractivity contribution in [2.75, 3.05) is 13.1 Å². The number of rotatable bonds is 3. The van der Waals surface area contributed by atoms with Crippen molar-refractivity contribution in [3.8, 4) is 0 Å². The van der Waals surface area contributed by atoms with Gasteiger partial charge in [-0.15, -0.1) is 0 Å². The highest BCUT2D eigenvalue weighted by atomic mass is 16.2. The number of amides is 1. The van der Waals surface area contributed by atoms with E-state index in [2.05, 4.69) is 29.2 Å². The number of hydrogen-bond donors (Lipinski definition) is 1. The molecule has 1 aliphatic heterocycles. The fourth-order valence-electron chi connectivity index (χ4n) is 3.76. The minimum Gasteiger partial charge on any atom is -0.339 e. The van der Waals surface area contributed by atoms with E-state index >= 15 is 0 Å². The second-order valence-corrected chi connectivity index (χ2v) is 6.93. The van der Waals surface area contributed by atoms with E-state index in [0.29, 0.717) is 18.0 Å². The number of nitrogens with two attached hydrogens (primary N) is 1. The molecule has 1 aliphatic rings. The maximum absolute atomic E-state index is 12.9. The molecule has 0 atom stereocenters. The quantitative estimate of drug-likeness (QED) is 0.787. The number of piperidine rings is 1. The molecule has 1 fully saturated rings. The molecule has 0 unspecified atom stereocenters. The Labute approximate surface area is 153 Å². The fourth-order valence-corrected chi connectivity index (χ4v) is 3.76. The first kappa shape index (κ1) is 16.7. The zero-order valence-electron chi connectivity index (χ0n) is 14.8. The lowest BCUT2D eigenvalue weighted by Gasteiger charge is -2.32. The summed E-state index contributed by atoms with van der Waals surface area (Å²) in [4.78, 5) is 19.2. The summed E-state index contributed by atoms with van der Waals surface area (Å²) in [7, 11) is 0. The average molecular weight is 345 g/mol. The Hall–Kier alpha value is -2.72. The van der Waals surface area contributed by atoms with Crippen LogP contribution in [0.3, 0.4) is 0 Å². The zero-order chi connectivity index (χ0) is 17.9. The Bertz CT molecular complexity index is 929. The van der Waals surface area contributed by atoms with E-state index in [-0.39, 0.29) is 5.91 Å². The number of carbonyl (C=O) groups is 1. The number of benzene rings is 2. The van der Waals surface area contributed by atoms with Crippen LogP contribution in [0.4, 0.5) is 0 Å². The third-order valence-corrected chi connectivity index (χ3v) is 5.28. The maximum atomic E-state index is 12.9. The number of likely N-dealkylation sites (tertiary alicyclic amines) is 1. The van der Waals surface area contributed by atoms with Gasteiger partial charge in [-0.25, -0.2) is 0 Å². The zero-order valence-corrected chi connectivity index (χ0v) is 14.8. The molecule has 0 radical (unpaired) electrons. The van der Waals surface area contributed by atoms with Gasteiger partial charge in [0, 0.05) is 31.2 Å². The third-order valence-electron chi connectivity index (χ3n) is 5.28. The van der Waals surface area contributed by atoms with Crippen LogP contribution in [0.15, 0.2) is 60.8 Å².